The van der Waals surface area contributed by atoms with Gasteiger partial charge in [0.15, 0.2) is 23.1 Å². The van der Waals surface area contributed by atoms with Crippen molar-refractivity contribution in [2.45, 2.75) is 43.7 Å². The van der Waals surface area contributed by atoms with E-state index < -0.39 is 22.7 Å². The molecule has 0 radical (unpaired) electrons. The number of anilines is 1. The number of amides is 1. The van der Waals surface area contributed by atoms with Crippen LogP contribution in [-0.2, 0) is 21.5 Å². The number of pyridine rings is 1. The van der Waals surface area contributed by atoms with Gasteiger partial charge in [-0.2, -0.15) is 0 Å². The minimum Gasteiger partial charge on any atom is -0.493 e. The molecule has 1 aromatic carbocycles. The molecule has 0 unspecified atom stereocenters. The average Bonchev–Trinajstić information content (AvgIpc) is 3.78. The van der Waals surface area contributed by atoms with Crippen molar-refractivity contribution in [1.29, 1.82) is 5.41 Å². The van der Waals surface area contributed by atoms with E-state index in [-0.39, 0.29) is 24.0 Å². The van der Waals surface area contributed by atoms with Gasteiger partial charge in [0, 0.05) is 63.5 Å². The van der Waals surface area contributed by atoms with Crippen LogP contribution in [0.3, 0.4) is 0 Å². The molecule has 9 nitrogen and oxygen atoms in total. The summed E-state index contributed by atoms with van der Waals surface area (Å²) >= 11 is 0. The molecule has 2 N–H and O–H groups in total. The van der Waals surface area contributed by atoms with E-state index in [9.17, 15) is 4.79 Å². The highest BCUT2D eigenvalue weighted by Crippen LogP contribution is 2.55. The molecule has 5 rings (SSSR count). The fourth-order valence-corrected chi connectivity index (χ4v) is 5.69. The Morgan fingerprint density at radius 2 is 1.82 bits per heavy atom. The van der Waals surface area contributed by atoms with Crippen LogP contribution in [0, 0.1) is 17.0 Å². The zero-order chi connectivity index (χ0) is 28.4. The molecule has 11 heteroatoms. The number of allylic oxidation sites excluding steroid dienone is 1. The summed E-state index contributed by atoms with van der Waals surface area (Å²) in [5.74, 6) is -2.71. The van der Waals surface area contributed by atoms with Gasteiger partial charge < -0.3 is 34.7 Å². The number of halogens is 2. The van der Waals surface area contributed by atoms with E-state index in [1.54, 1.807) is 19.5 Å². The fourth-order valence-electron chi connectivity index (χ4n) is 5.69. The van der Waals surface area contributed by atoms with Crippen LogP contribution in [0.25, 0.3) is 5.57 Å². The van der Waals surface area contributed by atoms with Crippen LogP contribution in [0.4, 0.5) is 14.5 Å². The fraction of sp³-hybridized carbons (Fsp3) is 0.483. The molecular formula is C29H35F2N5O4. The third kappa shape index (κ3) is 5.03. The number of fused-ring (bicyclic) bond motifs is 2. The summed E-state index contributed by atoms with van der Waals surface area (Å²) < 4.78 is 46.2. The molecule has 2 aromatic rings. The predicted molar refractivity (Wildman–Crippen MR) is 147 cm³/mol. The first-order chi connectivity index (χ1) is 19.4. The van der Waals surface area contributed by atoms with Gasteiger partial charge in [-0.05, 0) is 42.9 Å². The molecule has 1 amide bonds. The molecule has 2 aliphatic heterocycles. The molecular weight excluding hydrogens is 520 g/mol. The Morgan fingerprint density at radius 3 is 2.40 bits per heavy atom. The number of nitrogens with zero attached hydrogens (tertiary/aromatic N) is 3. The van der Waals surface area contributed by atoms with Crippen molar-refractivity contribution in [1.82, 2.24) is 15.2 Å². The summed E-state index contributed by atoms with van der Waals surface area (Å²) in [5.41, 5.74) is 1.28. The minimum atomic E-state index is -0.957. The van der Waals surface area contributed by atoms with Crippen molar-refractivity contribution in [2.24, 2.45) is 0 Å². The Labute approximate surface area is 232 Å². The zero-order valence-corrected chi connectivity index (χ0v) is 23.1. The summed E-state index contributed by atoms with van der Waals surface area (Å²) in [7, 11) is 4.30. The predicted octanol–water partition coefficient (Wildman–Crippen LogP) is 3.65. The van der Waals surface area contributed by atoms with Gasteiger partial charge in [-0.25, -0.2) is 8.78 Å². The Morgan fingerprint density at radius 1 is 1.15 bits per heavy atom. The lowest BCUT2D eigenvalue weighted by Gasteiger charge is -2.35. The van der Waals surface area contributed by atoms with E-state index in [4.69, 9.17) is 19.6 Å². The maximum Gasteiger partial charge on any atom is 0.238 e. The number of rotatable bonds is 10. The highest BCUT2D eigenvalue weighted by molar-refractivity contribution is 6.08. The summed E-state index contributed by atoms with van der Waals surface area (Å²) in [4.78, 5) is 21.8. The van der Waals surface area contributed by atoms with E-state index in [1.807, 2.05) is 6.07 Å². The third-order valence-electron chi connectivity index (χ3n) is 8.20. The van der Waals surface area contributed by atoms with Crippen LogP contribution in [0.1, 0.15) is 42.5 Å². The van der Waals surface area contributed by atoms with Gasteiger partial charge in [-0.1, -0.05) is 0 Å². The number of hydrogen-bond acceptors (Lipinski definition) is 8. The van der Waals surface area contributed by atoms with Crippen molar-refractivity contribution in [3.63, 3.8) is 0 Å². The number of methoxy groups -OCH3 is 3. The van der Waals surface area contributed by atoms with Crippen LogP contribution >= 0.6 is 0 Å². The molecule has 1 aliphatic carbocycles. The van der Waals surface area contributed by atoms with Gasteiger partial charge in [0.25, 0.3) is 0 Å². The van der Waals surface area contributed by atoms with Crippen LogP contribution in [0.2, 0.25) is 0 Å². The Kier molecular flexibility index (Phi) is 8.04. The smallest absolute Gasteiger partial charge is 0.238 e. The van der Waals surface area contributed by atoms with Gasteiger partial charge in [0.2, 0.25) is 5.91 Å². The Hall–Kier alpha value is -3.57. The molecule has 3 heterocycles. The monoisotopic (exact) mass is 555 g/mol. The molecule has 0 bridgehead atoms. The van der Waals surface area contributed by atoms with Gasteiger partial charge in [0.05, 0.1) is 38.0 Å². The van der Waals surface area contributed by atoms with Gasteiger partial charge >= 0.3 is 0 Å². The molecule has 214 valence electrons. The number of hydrogen-bond donors (Lipinski definition) is 2. The first kappa shape index (κ1) is 28.0. The summed E-state index contributed by atoms with van der Waals surface area (Å²) in [6, 6.07) is 2.96. The third-order valence-corrected chi connectivity index (χ3v) is 8.20. The van der Waals surface area contributed by atoms with Crippen molar-refractivity contribution in [2.75, 3.05) is 52.4 Å². The molecule has 0 atom stereocenters. The number of nitrogens with one attached hydrogen (secondary N) is 2. The number of carbonyl (C=O) groups is 1. The lowest BCUT2D eigenvalue weighted by Crippen LogP contribution is -2.45. The van der Waals surface area contributed by atoms with Crippen LogP contribution < -0.4 is 19.7 Å². The zero-order valence-electron chi connectivity index (χ0n) is 23.1. The van der Waals surface area contributed by atoms with Crippen LogP contribution in [0.5, 0.6) is 11.5 Å². The van der Waals surface area contributed by atoms with Crippen molar-refractivity contribution in [3.05, 3.63) is 53.0 Å². The van der Waals surface area contributed by atoms with Gasteiger partial charge in [-0.15, -0.1) is 0 Å². The quantitative estimate of drug-likeness (QED) is 0.341. The summed E-state index contributed by atoms with van der Waals surface area (Å²) in [6.45, 7) is 3.55. The molecule has 3 aliphatic rings. The Balaban J connectivity index is 1.36. The standard InChI is InChI=1S/C29H35F2N5O4/c1-38-20-4-9-35(10-5-20)11-8-33-15-18(14-32)22-12-21-19(16-34-22)17-36(28(37)29(21)6-7-29)27-25(30)23(39-2)13-24(40-3)26(27)31/h12-16,20,32-33H,4-11,17H2,1-3H3/b18-15+,32-14?. The molecule has 1 saturated heterocycles. The number of benzene rings is 1. The number of piperidine rings is 1. The van der Waals surface area contributed by atoms with Gasteiger partial charge in [0.1, 0.15) is 5.69 Å². The average molecular weight is 556 g/mol. The lowest BCUT2D eigenvalue weighted by atomic mass is 9.86. The first-order valence-corrected chi connectivity index (χ1v) is 13.5. The highest BCUT2D eigenvalue weighted by atomic mass is 19.1. The maximum absolute atomic E-state index is 15.3. The number of carbonyl (C=O) groups excluding carboxylic acids is 1. The maximum atomic E-state index is 15.3. The molecule has 1 saturated carbocycles. The highest BCUT2D eigenvalue weighted by Gasteiger charge is 2.57. The van der Waals surface area contributed by atoms with Crippen molar-refractivity contribution < 1.29 is 27.8 Å². The van der Waals surface area contributed by atoms with E-state index in [0.717, 1.165) is 55.6 Å². The number of aromatic nitrogens is 1. The molecule has 1 spiro atoms. The summed E-state index contributed by atoms with van der Waals surface area (Å²) in [6.07, 6.45) is 8.15. The number of likely N-dealkylation sites (tertiary alicyclic amines) is 1. The van der Waals surface area contributed by atoms with Crippen molar-refractivity contribution >= 4 is 23.4 Å². The van der Waals surface area contributed by atoms with Crippen LogP contribution in [0.15, 0.2) is 24.5 Å². The largest absolute Gasteiger partial charge is 0.493 e. The van der Waals surface area contributed by atoms with E-state index >= 15 is 8.78 Å². The van der Waals surface area contributed by atoms with E-state index in [2.05, 4.69) is 15.2 Å². The summed E-state index contributed by atoms with van der Waals surface area (Å²) in [5, 5.41) is 11.2. The van der Waals surface area contributed by atoms with E-state index in [0.29, 0.717) is 35.8 Å². The second kappa shape index (κ2) is 11.5. The van der Waals surface area contributed by atoms with Gasteiger partial charge in [-0.3, -0.25) is 9.78 Å². The Bertz CT molecular complexity index is 1290. The second-order valence-corrected chi connectivity index (χ2v) is 10.4. The minimum absolute atomic E-state index is 0.0466. The topological polar surface area (TPSA) is 100 Å². The SMILES string of the molecule is COc1cc(OC)c(F)c(N2Cc3cnc(/C(C=N)=C/NCCN4CCC(OC)CC4)cc3C3(CC3)C2=O)c1F. The normalized spacial score (nSPS) is 19.0. The molecule has 1 aromatic heterocycles. The lowest BCUT2D eigenvalue weighted by molar-refractivity contribution is -0.121. The number of ether oxygens (including phenoxy) is 3. The van der Waals surface area contributed by atoms with Crippen molar-refractivity contribution in [3.8, 4) is 11.5 Å². The first-order valence-electron chi connectivity index (χ1n) is 13.5. The van der Waals surface area contributed by atoms with E-state index in [1.165, 1.54) is 20.4 Å². The molecule has 2 fully saturated rings. The molecule has 40 heavy (non-hydrogen) atoms. The second-order valence-electron chi connectivity index (χ2n) is 10.4. The van der Waals surface area contributed by atoms with Crippen LogP contribution in [-0.4, -0.2) is 75.6 Å².